The number of carbonyl (C=O) groups excluding carboxylic acids is 1. The normalized spacial score (nSPS) is 17.9. The van der Waals surface area contributed by atoms with Gasteiger partial charge in [0.15, 0.2) is 10.9 Å². The molecule has 0 aliphatic carbocycles. The van der Waals surface area contributed by atoms with Crippen molar-refractivity contribution >= 4 is 49.3 Å². The van der Waals surface area contributed by atoms with Crippen LogP contribution >= 0.6 is 11.3 Å². The van der Waals surface area contributed by atoms with E-state index in [1.807, 2.05) is 7.05 Å². The van der Waals surface area contributed by atoms with Gasteiger partial charge in [0.05, 0.1) is 10.2 Å². The van der Waals surface area contributed by atoms with Crippen LogP contribution in [0.1, 0.15) is 24.8 Å². The van der Waals surface area contributed by atoms with E-state index < -0.39 is 29.2 Å². The number of halogens is 4. The van der Waals surface area contributed by atoms with E-state index in [4.69, 9.17) is 10.5 Å². The standard InChI is InChI=1S/C29H29F4N7O2S/c1-3-20(41)39-9-11-40(12-10-39)27-18-13-17(26(32)33)21(16-6-7-19(30)25-24(16)35-28(34)43-25)22(31)23(18)36-29(37-27)42-14-15-5-4-8-38(15)2/h3,6-7,13,15,26H,1,4-5,8-12,14H2,2H3,(H2,34,35). The van der Waals surface area contributed by atoms with Gasteiger partial charge >= 0.3 is 6.01 Å². The maximum Gasteiger partial charge on any atom is 0.319 e. The van der Waals surface area contributed by atoms with Crippen LogP contribution in [0.3, 0.4) is 0 Å². The molecular formula is C29H29F4N7O2S. The number of rotatable bonds is 7. The number of thiazole rings is 1. The summed E-state index contributed by atoms with van der Waals surface area (Å²) in [6.45, 7) is 6.03. The van der Waals surface area contributed by atoms with Crippen LogP contribution in [0.15, 0.2) is 30.9 Å². The highest BCUT2D eigenvalue weighted by Gasteiger charge is 2.30. The highest BCUT2D eigenvalue weighted by atomic mass is 32.1. The Hall–Kier alpha value is -4.04. The fourth-order valence-corrected chi connectivity index (χ4v) is 6.55. The Balaban J connectivity index is 1.51. The van der Waals surface area contributed by atoms with Gasteiger partial charge in [0.25, 0.3) is 6.43 Å². The molecule has 9 nitrogen and oxygen atoms in total. The molecule has 1 unspecified atom stereocenters. The molecule has 6 rings (SSSR count). The second kappa shape index (κ2) is 11.6. The molecular weight excluding hydrogens is 586 g/mol. The predicted molar refractivity (Wildman–Crippen MR) is 158 cm³/mol. The van der Waals surface area contributed by atoms with Gasteiger partial charge in [-0.2, -0.15) is 9.97 Å². The number of ether oxygens (including phenoxy) is 1. The zero-order valence-electron chi connectivity index (χ0n) is 23.3. The molecule has 0 radical (unpaired) electrons. The van der Waals surface area contributed by atoms with Crippen LogP contribution in [-0.2, 0) is 4.79 Å². The molecule has 226 valence electrons. The van der Waals surface area contributed by atoms with Crippen molar-refractivity contribution in [2.24, 2.45) is 0 Å². The first kappa shape index (κ1) is 29.1. The molecule has 2 N–H and O–H groups in total. The van der Waals surface area contributed by atoms with Crippen LogP contribution in [0.5, 0.6) is 6.01 Å². The Kier molecular flexibility index (Phi) is 7.81. The number of nitrogen functional groups attached to an aromatic ring is 1. The van der Waals surface area contributed by atoms with Crippen LogP contribution in [-0.4, -0.2) is 83.1 Å². The maximum absolute atomic E-state index is 16.6. The van der Waals surface area contributed by atoms with E-state index in [1.54, 1.807) is 9.80 Å². The van der Waals surface area contributed by atoms with Gasteiger partial charge in [0.2, 0.25) is 5.91 Å². The van der Waals surface area contributed by atoms with E-state index in [1.165, 1.54) is 18.2 Å². The van der Waals surface area contributed by atoms with E-state index in [9.17, 15) is 18.0 Å². The maximum atomic E-state index is 16.6. The Labute approximate surface area is 248 Å². The van der Waals surface area contributed by atoms with E-state index in [0.29, 0.717) is 26.2 Å². The molecule has 2 fully saturated rings. The van der Waals surface area contributed by atoms with Gasteiger partial charge in [-0.3, -0.25) is 4.79 Å². The molecule has 14 heteroatoms. The summed E-state index contributed by atoms with van der Waals surface area (Å²) in [6.07, 6.45) is 0.0810. The van der Waals surface area contributed by atoms with E-state index in [2.05, 4.69) is 26.4 Å². The second-order valence-corrected chi connectivity index (χ2v) is 11.6. The van der Waals surface area contributed by atoms with Crippen molar-refractivity contribution in [2.75, 3.05) is 57.0 Å². The van der Waals surface area contributed by atoms with Crippen molar-refractivity contribution < 1.29 is 27.1 Å². The molecule has 2 aliphatic heterocycles. The summed E-state index contributed by atoms with van der Waals surface area (Å²) >= 11 is 0.849. The molecule has 2 aliphatic rings. The van der Waals surface area contributed by atoms with Gasteiger partial charge in [-0.1, -0.05) is 17.9 Å². The summed E-state index contributed by atoms with van der Waals surface area (Å²) in [5, 5.41) is 0.0916. The molecule has 4 aromatic rings. The summed E-state index contributed by atoms with van der Waals surface area (Å²) in [5.74, 6) is -1.67. The lowest BCUT2D eigenvalue weighted by molar-refractivity contribution is -0.126. The number of likely N-dealkylation sites (tertiary alicyclic amines) is 1. The summed E-state index contributed by atoms with van der Waals surface area (Å²) in [6, 6.07) is 3.51. The fourth-order valence-electron chi connectivity index (χ4n) is 5.78. The Morgan fingerprint density at radius 3 is 2.60 bits per heavy atom. The molecule has 2 aromatic carbocycles. The van der Waals surface area contributed by atoms with Crippen LogP contribution < -0.4 is 15.4 Å². The number of piperazine rings is 1. The number of amides is 1. The van der Waals surface area contributed by atoms with E-state index in [-0.39, 0.29) is 62.2 Å². The Morgan fingerprint density at radius 2 is 1.93 bits per heavy atom. The number of hydrogen-bond acceptors (Lipinski definition) is 9. The SMILES string of the molecule is C=CC(=O)N1CCN(c2nc(OCC3CCCN3C)nc3c(F)c(-c4ccc(F)c5sc(N)nc45)c(C(F)F)cc23)CC1. The van der Waals surface area contributed by atoms with Gasteiger partial charge in [-0.05, 0) is 50.7 Å². The van der Waals surface area contributed by atoms with E-state index in [0.717, 1.165) is 36.8 Å². The van der Waals surface area contributed by atoms with Gasteiger partial charge in [0, 0.05) is 54.3 Å². The highest BCUT2D eigenvalue weighted by Crippen LogP contribution is 2.43. The molecule has 0 saturated carbocycles. The minimum Gasteiger partial charge on any atom is -0.462 e. The number of anilines is 2. The zero-order chi connectivity index (χ0) is 30.4. The molecule has 0 bridgehead atoms. The third-order valence-electron chi connectivity index (χ3n) is 8.08. The molecule has 4 heterocycles. The third kappa shape index (κ3) is 5.33. The molecule has 1 atom stereocenters. The highest BCUT2D eigenvalue weighted by molar-refractivity contribution is 7.22. The summed E-state index contributed by atoms with van der Waals surface area (Å²) in [5.41, 5.74) is 4.50. The molecule has 2 aromatic heterocycles. The number of nitrogens with zero attached hydrogens (tertiary/aromatic N) is 6. The van der Waals surface area contributed by atoms with Crippen molar-refractivity contribution in [3.8, 4) is 17.1 Å². The average Bonchev–Trinajstić information content (AvgIpc) is 3.61. The van der Waals surface area contributed by atoms with Crippen molar-refractivity contribution in [1.29, 1.82) is 0 Å². The first-order chi connectivity index (χ1) is 20.7. The number of aromatic nitrogens is 3. The summed E-state index contributed by atoms with van der Waals surface area (Å²) in [4.78, 5) is 30.8. The number of hydrogen-bond donors (Lipinski definition) is 1. The minimum atomic E-state index is -3.09. The molecule has 43 heavy (non-hydrogen) atoms. The van der Waals surface area contributed by atoms with Crippen LogP contribution in [0, 0.1) is 11.6 Å². The smallest absolute Gasteiger partial charge is 0.319 e. The predicted octanol–water partition coefficient (Wildman–Crippen LogP) is 5.01. The summed E-state index contributed by atoms with van der Waals surface area (Å²) < 4.78 is 66.5. The monoisotopic (exact) mass is 615 g/mol. The van der Waals surface area contributed by atoms with Crippen LogP contribution in [0.25, 0.3) is 32.2 Å². The Bertz CT molecular complexity index is 1720. The number of benzene rings is 2. The van der Waals surface area contributed by atoms with Crippen LogP contribution in [0.2, 0.25) is 0 Å². The molecule has 1 amide bonds. The van der Waals surface area contributed by atoms with E-state index >= 15 is 4.39 Å². The third-order valence-corrected chi connectivity index (χ3v) is 8.97. The van der Waals surface area contributed by atoms with Gasteiger partial charge in [0.1, 0.15) is 23.8 Å². The number of carbonyl (C=O) groups is 1. The van der Waals surface area contributed by atoms with Crippen molar-refractivity contribution in [2.45, 2.75) is 25.3 Å². The lowest BCUT2D eigenvalue weighted by Gasteiger charge is -2.35. The largest absolute Gasteiger partial charge is 0.462 e. The number of likely N-dealkylation sites (N-methyl/N-ethyl adjacent to an activating group) is 1. The quantitative estimate of drug-likeness (QED) is 0.229. The van der Waals surface area contributed by atoms with Gasteiger partial charge in [-0.25, -0.2) is 22.5 Å². The first-order valence-electron chi connectivity index (χ1n) is 13.8. The zero-order valence-corrected chi connectivity index (χ0v) is 24.1. The minimum absolute atomic E-state index is 0.0133. The lowest BCUT2D eigenvalue weighted by atomic mass is 9.95. The molecule has 2 saturated heterocycles. The Morgan fingerprint density at radius 1 is 1.16 bits per heavy atom. The number of fused-ring (bicyclic) bond motifs is 2. The number of alkyl halides is 2. The van der Waals surface area contributed by atoms with Crippen molar-refractivity contribution in [3.63, 3.8) is 0 Å². The topological polar surface area (TPSA) is 101 Å². The van der Waals surface area contributed by atoms with Crippen molar-refractivity contribution in [3.05, 3.63) is 48.1 Å². The summed E-state index contributed by atoms with van der Waals surface area (Å²) in [7, 11) is 1.99. The average molecular weight is 616 g/mol. The van der Waals surface area contributed by atoms with Crippen molar-refractivity contribution in [1.82, 2.24) is 24.8 Å². The molecule has 0 spiro atoms. The van der Waals surface area contributed by atoms with Gasteiger partial charge < -0.3 is 25.2 Å². The lowest BCUT2D eigenvalue weighted by Crippen LogP contribution is -2.48. The van der Waals surface area contributed by atoms with Crippen LogP contribution in [0.4, 0.5) is 28.5 Å². The first-order valence-corrected chi connectivity index (χ1v) is 14.6. The second-order valence-electron chi connectivity index (χ2n) is 10.6. The fraction of sp³-hybridized carbons (Fsp3) is 0.379. The van der Waals surface area contributed by atoms with Gasteiger partial charge in [-0.15, -0.1) is 0 Å². The number of nitrogens with two attached hydrogens (primary N) is 1.